The van der Waals surface area contributed by atoms with E-state index in [-0.39, 0.29) is 5.91 Å². The first-order valence-corrected chi connectivity index (χ1v) is 9.38. The molecule has 0 saturated heterocycles. The van der Waals surface area contributed by atoms with Gasteiger partial charge in [0.2, 0.25) is 0 Å². The third-order valence-electron chi connectivity index (χ3n) is 5.31. The quantitative estimate of drug-likeness (QED) is 0.802. The number of nitrogens with zero attached hydrogens (tertiary/aromatic N) is 1. The first-order valence-electron chi connectivity index (χ1n) is 9.38. The lowest BCUT2D eigenvalue weighted by Gasteiger charge is -2.32. The number of methoxy groups -OCH3 is 1. The number of benzene rings is 2. The number of rotatable bonds is 5. The number of fused-ring (bicyclic) bond motifs is 1. The summed E-state index contributed by atoms with van der Waals surface area (Å²) in [6.45, 7) is 3.59. The second-order valence-electron chi connectivity index (χ2n) is 7.25. The Kier molecular flexibility index (Phi) is 4.58. The zero-order valence-electron chi connectivity index (χ0n) is 15.5. The molecule has 0 unspecified atom stereocenters. The van der Waals surface area contributed by atoms with E-state index in [1.165, 1.54) is 24.0 Å². The summed E-state index contributed by atoms with van der Waals surface area (Å²) in [5.74, 6) is 2.34. The van der Waals surface area contributed by atoms with E-state index in [0.29, 0.717) is 12.1 Å². The van der Waals surface area contributed by atoms with Crippen molar-refractivity contribution >= 4 is 11.6 Å². The van der Waals surface area contributed by atoms with Crippen LogP contribution in [0.1, 0.15) is 40.7 Å². The second kappa shape index (κ2) is 7.02. The van der Waals surface area contributed by atoms with Crippen molar-refractivity contribution < 1.29 is 14.3 Å². The highest BCUT2D eigenvalue weighted by atomic mass is 16.5. The van der Waals surface area contributed by atoms with Crippen LogP contribution in [0.3, 0.4) is 0 Å². The van der Waals surface area contributed by atoms with Crippen molar-refractivity contribution in [2.24, 2.45) is 5.92 Å². The summed E-state index contributed by atoms with van der Waals surface area (Å²) in [6.07, 6.45) is 4.49. The highest BCUT2D eigenvalue weighted by molar-refractivity contribution is 6.07. The molecule has 26 heavy (non-hydrogen) atoms. The summed E-state index contributed by atoms with van der Waals surface area (Å²) < 4.78 is 11.3. The van der Waals surface area contributed by atoms with Gasteiger partial charge >= 0.3 is 0 Å². The van der Waals surface area contributed by atoms with E-state index in [0.717, 1.165) is 42.6 Å². The molecule has 4 rings (SSSR count). The standard InChI is InChI=1S/C22H25NO3/c1-15-5-12-20(25-2)21-19(15)4-3-13-23(21)22(24)17-8-10-18(11-9-17)26-14-16-6-7-16/h5,8-12,16H,3-4,6-7,13-14H2,1-2H3. The van der Waals surface area contributed by atoms with Crippen LogP contribution in [-0.4, -0.2) is 26.2 Å². The SMILES string of the molecule is COc1ccc(C)c2c1N(C(=O)c1ccc(OCC3CC3)cc1)CCC2. The van der Waals surface area contributed by atoms with E-state index in [1.807, 2.05) is 35.2 Å². The van der Waals surface area contributed by atoms with E-state index in [2.05, 4.69) is 13.0 Å². The smallest absolute Gasteiger partial charge is 0.258 e. The molecule has 1 heterocycles. The fourth-order valence-corrected chi connectivity index (χ4v) is 3.57. The monoisotopic (exact) mass is 351 g/mol. The Morgan fingerprint density at radius 3 is 2.62 bits per heavy atom. The largest absolute Gasteiger partial charge is 0.495 e. The molecule has 1 fully saturated rings. The molecule has 2 aromatic rings. The van der Waals surface area contributed by atoms with Gasteiger partial charge in [0.1, 0.15) is 11.5 Å². The van der Waals surface area contributed by atoms with Crippen LogP contribution in [0.4, 0.5) is 5.69 Å². The minimum absolute atomic E-state index is 0.0172. The maximum Gasteiger partial charge on any atom is 0.258 e. The lowest BCUT2D eigenvalue weighted by molar-refractivity contribution is 0.0984. The maximum atomic E-state index is 13.2. The van der Waals surface area contributed by atoms with Gasteiger partial charge < -0.3 is 14.4 Å². The Labute approximate surface area is 154 Å². The van der Waals surface area contributed by atoms with Crippen LogP contribution in [0.2, 0.25) is 0 Å². The van der Waals surface area contributed by atoms with Crippen LogP contribution in [0.25, 0.3) is 0 Å². The van der Waals surface area contributed by atoms with Crippen LogP contribution in [-0.2, 0) is 6.42 Å². The van der Waals surface area contributed by atoms with Crippen LogP contribution in [0, 0.1) is 12.8 Å². The van der Waals surface area contributed by atoms with Crippen LogP contribution in [0.15, 0.2) is 36.4 Å². The minimum Gasteiger partial charge on any atom is -0.495 e. The number of carbonyl (C=O) groups is 1. The Hall–Kier alpha value is -2.49. The van der Waals surface area contributed by atoms with Crippen LogP contribution in [0.5, 0.6) is 11.5 Å². The zero-order chi connectivity index (χ0) is 18.1. The summed E-state index contributed by atoms with van der Waals surface area (Å²) >= 11 is 0. The van der Waals surface area contributed by atoms with Gasteiger partial charge in [-0.2, -0.15) is 0 Å². The average molecular weight is 351 g/mol. The molecule has 1 saturated carbocycles. The first kappa shape index (κ1) is 17.0. The van der Waals surface area contributed by atoms with Gasteiger partial charge in [0.05, 0.1) is 19.4 Å². The van der Waals surface area contributed by atoms with Gasteiger partial charge in [-0.1, -0.05) is 6.07 Å². The molecule has 0 N–H and O–H groups in total. The van der Waals surface area contributed by atoms with Gasteiger partial charge in [-0.05, 0) is 80.0 Å². The van der Waals surface area contributed by atoms with Gasteiger partial charge in [0, 0.05) is 12.1 Å². The Morgan fingerprint density at radius 1 is 1.15 bits per heavy atom. The van der Waals surface area contributed by atoms with Gasteiger partial charge in [-0.25, -0.2) is 0 Å². The van der Waals surface area contributed by atoms with E-state index >= 15 is 0 Å². The van der Waals surface area contributed by atoms with Gasteiger partial charge in [-0.3, -0.25) is 4.79 Å². The van der Waals surface area contributed by atoms with Gasteiger partial charge in [0.15, 0.2) is 0 Å². The van der Waals surface area contributed by atoms with Crippen molar-refractivity contribution in [1.29, 1.82) is 0 Å². The minimum atomic E-state index is 0.0172. The number of aryl methyl sites for hydroxylation is 1. The number of carbonyl (C=O) groups excluding carboxylic acids is 1. The molecule has 4 heteroatoms. The highest BCUT2D eigenvalue weighted by Gasteiger charge is 2.28. The Balaban J connectivity index is 1.58. The molecule has 1 aliphatic heterocycles. The summed E-state index contributed by atoms with van der Waals surface area (Å²) in [6, 6.07) is 11.5. The molecule has 0 bridgehead atoms. The predicted octanol–water partition coefficient (Wildman–Crippen LogP) is 4.39. The summed E-state index contributed by atoms with van der Waals surface area (Å²) in [5, 5.41) is 0. The number of anilines is 1. The number of amides is 1. The first-order chi connectivity index (χ1) is 12.7. The molecule has 2 aliphatic rings. The van der Waals surface area contributed by atoms with Crippen molar-refractivity contribution in [1.82, 2.24) is 0 Å². The molecule has 136 valence electrons. The van der Waals surface area contributed by atoms with Crippen molar-refractivity contribution in [3.05, 3.63) is 53.1 Å². The lowest BCUT2D eigenvalue weighted by Crippen LogP contribution is -2.36. The molecule has 0 aromatic heterocycles. The second-order valence-corrected chi connectivity index (χ2v) is 7.25. The summed E-state index contributed by atoms with van der Waals surface area (Å²) in [5.41, 5.74) is 4.04. The summed E-state index contributed by atoms with van der Waals surface area (Å²) in [4.78, 5) is 15.0. The third-order valence-corrected chi connectivity index (χ3v) is 5.31. The molecular formula is C22H25NO3. The molecule has 1 aliphatic carbocycles. The Morgan fingerprint density at radius 2 is 1.92 bits per heavy atom. The van der Waals surface area contributed by atoms with Crippen molar-refractivity contribution in [2.45, 2.75) is 32.6 Å². The number of ether oxygens (including phenoxy) is 2. The van der Waals surface area contributed by atoms with Gasteiger partial charge in [-0.15, -0.1) is 0 Å². The molecule has 1 amide bonds. The summed E-state index contributed by atoms with van der Waals surface area (Å²) in [7, 11) is 1.66. The fourth-order valence-electron chi connectivity index (χ4n) is 3.57. The third kappa shape index (κ3) is 3.28. The van der Waals surface area contributed by atoms with E-state index in [9.17, 15) is 4.79 Å². The van der Waals surface area contributed by atoms with Crippen molar-refractivity contribution in [2.75, 3.05) is 25.2 Å². The van der Waals surface area contributed by atoms with E-state index < -0.39 is 0 Å². The normalized spacial score (nSPS) is 16.2. The number of hydrogen-bond donors (Lipinski definition) is 0. The van der Waals surface area contributed by atoms with Crippen molar-refractivity contribution in [3.63, 3.8) is 0 Å². The van der Waals surface area contributed by atoms with E-state index in [4.69, 9.17) is 9.47 Å². The number of hydrogen-bond acceptors (Lipinski definition) is 3. The zero-order valence-corrected chi connectivity index (χ0v) is 15.5. The lowest BCUT2D eigenvalue weighted by atomic mass is 9.95. The average Bonchev–Trinajstić information content (AvgIpc) is 3.51. The van der Waals surface area contributed by atoms with E-state index in [1.54, 1.807) is 7.11 Å². The topological polar surface area (TPSA) is 38.8 Å². The van der Waals surface area contributed by atoms with Crippen LogP contribution >= 0.6 is 0 Å². The molecule has 4 nitrogen and oxygen atoms in total. The molecule has 2 aromatic carbocycles. The molecular weight excluding hydrogens is 326 g/mol. The molecule has 0 radical (unpaired) electrons. The maximum absolute atomic E-state index is 13.2. The highest BCUT2D eigenvalue weighted by Crippen LogP contribution is 2.39. The molecule has 0 atom stereocenters. The van der Waals surface area contributed by atoms with Crippen LogP contribution < -0.4 is 14.4 Å². The predicted molar refractivity (Wildman–Crippen MR) is 102 cm³/mol. The molecule has 0 spiro atoms. The fraction of sp³-hybridized carbons (Fsp3) is 0.409. The Bertz CT molecular complexity index is 809. The van der Waals surface area contributed by atoms with Crippen molar-refractivity contribution in [3.8, 4) is 11.5 Å². The van der Waals surface area contributed by atoms with Gasteiger partial charge in [0.25, 0.3) is 5.91 Å².